The second kappa shape index (κ2) is 7.96. The maximum atomic E-state index is 13.1. The van der Waals surface area contributed by atoms with E-state index in [1.165, 1.54) is 10.7 Å². The van der Waals surface area contributed by atoms with Gasteiger partial charge in [0.05, 0.1) is 11.9 Å². The van der Waals surface area contributed by atoms with E-state index in [0.29, 0.717) is 30.4 Å². The normalized spacial score (nSPS) is 18.6. The van der Waals surface area contributed by atoms with Crippen LogP contribution in [0.5, 0.6) is 11.5 Å². The fraction of sp³-hybridized carbons (Fsp3) is 0.632. The molecule has 3 rings (SSSR count). The highest BCUT2D eigenvalue weighted by Crippen LogP contribution is 2.35. The molecule has 1 aliphatic heterocycles. The third-order valence-corrected chi connectivity index (χ3v) is 6.56. The first-order chi connectivity index (χ1) is 12.8. The van der Waals surface area contributed by atoms with Crippen molar-refractivity contribution in [2.75, 3.05) is 30.8 Å². The molecule has 7 nitrogen and oxygen atoms in total. The van der Waals surface area contributed by atoms with Crippen molar-refractivity contribution in [1.82, 2.24) is 4.90 Å². The molecule has 1 fully saturated rings. The number of likely N-dealkylation sites (N-methyl/N-ethyl adjacent to an activating group) is 1. The lowest BCUT2D eigenvalue weighted by molar-refractivity contribution is -0.133. The zero-order chi connectivity index (χ0) is 19.6. The zero-order valence-corrected chi connectivity index (χ0v) is 17.0. The summed E-state index contributed by atoms with van der Waals surface area (Å²) >= 11 is 0. The Balaban J connectivity index is 1.87. The quantitative estimate of drug-likeness (QED) is 0.764. The number of benzene rings is 1. The minimum Gasteiger partial charge on any atom is -0.486 e. The Labute approximate surface area is 161 Å². The molecule has 0 aromatic heterocycles. The summed E-state index contributed by atoms with van der Waals surface area (Å²) in [5.74, 6) is 0.881. The summed E-state index contributed by atoms with van der Waals surface area (Å²) in [7, 11) is -1.89. The number of sulfonamides is 1. The Kier molecular flexibility index (Phi) is 5.83. The molecule has 0 spiro atoms. The van der Waals surface area contributed by atoms with Crippen LogP contribution >= 0.6 is 0 Å². The predicted molar refractivity (Wildman–Crippen MR) is 104 cm³/mol. The monoisotopic (exact) mass is 396 g/mol. The van der Waals surface area contributed by atoms with Gasteiger partial charge in [0.2, 0.25) is 15.9 Å². The van der Waals surface area contributed by atoms with E-state index in [1.54, 1.807) is 37.1 Å². The van der Waals surface area contributed by atoms with Gasteiger partial charge in [0, 0.05) is 19.2 Å². The number of hydrogen-bond acceptors (Lipinski definition) is 5. The Hall–Kier alpha value is -1.96. The van der Waals surface area contributed by atoms with Gasteiger partial charge in [-0.1, -0.05) is 19.3 Å². The standard InChI is InChI=1S/C19H28N2O5S/c1-14(19(22)20(2)15-7-5-4-6-8-15)21(27(3,23)24)16-9-10-17-18(13-16)26-12-11-25-17/h9-10,13-15H,4-8,11-12H2,1-3H3/t14-/m0/s1. The lowest BCUT2D eigenvalue weighted by Gasteiger charge is -2.36. The number of carbonyl (C=O) groups is 1. The molecule has 0 N–H and O–H groups in total. The van der Waals surface area contributed by atoms with Gasteiger partial charge in [-0.3, -0.25) is 9.10 Å². The maximum absolute atomic E-state index is 13.1. The smallest absolute Gasteiger partial charge is 0.246 e. The molecule has 1 heterocycles. The van der Waals surface area contributed by atoms with Crippen molar-refractivity contribution in [2.45, 2.75) is 51.1 Å². The molecular weight excluding hydrogens is 368 g/mol. The first kappa shape index (κ1) is 19.8. The van der Waals surface area contributed by atoms with Crippen LogP contribution in [-0.2, 0) is 14.8 Å². The van der Waals surface area contributed by atoms with Gasteiger partial charge >= 0.3 is 0 Å². The molecule has 1 aromatic carbocycles. The van der Waals surface area contributed by atoms with Gasteiger partial charge in [0.25, 0.3) is 0 Å². The van der Waals surface area contributed by atoms with E-state index in [0.717, 1.165) is 31.9 Å². The predicted octanol–water partition coefficient (Wildman–Crippen LogP) is 2.40. The number of rotatable bonds is 5. The SMILES string of the molecule is C[C@@H](C(=O)N(C)C1CCCCC1)N(c1ccc2c(c1)OCCO2)S(C)(=O)=O. The van der Waals surface area contributed by atoms with Crippen molar-refractivity contribution in [1.29, 1.82) is 0 Å². The molecule has 150 valence electrons. The molecule has 1 saturated carbocycles. The number of nitrogens with zero attached hydrogens (tertiary/aromatic N) is 2. The Morgan fingerprint density at radius 3 is 2.37 bits per heavy atom. The summed E-state index contributed by atoms with van der Waals surface area (Å²) in [5, 5.41) is 0. The topological polar surface area (TPSA) is 76.2 Å². The molecular formula is C19H28N2O5S. The summed E-state index contributed by atoms with van der Waals surface area (Å²) in [6, 6.07) is 4.30. The molecule has 1 atom stereocenters. The molecule has 2 aliphatic rings. The van der Waals surface area contributed by atoms with Crippen LogP contribution in [0.25, 0.3) is 0 Å². The highest BCUT2D eigenvalue weighted by atomic mass is 32.2. The third-order valence-electron chi connectivity index (χ3n) is 5.32. The van der Waals surface area contributed by atoms with Crippen molar-refractivity contribution in [3.05, 3.63) is 18.2 Å². The Morgan fingerprint density at radius 2 is 1.74 bits per heavy atom. The fourth-order valence-electron chi connectivity index (χ4n) is 3.91. The highest BCUT2D eigenvalue weighted by molar-refractivity contribution is 7.92. The van der Waals surface area contributed by atoms with E-state index < -0.39 is 16.1 Å². The average molecular weight is 397 g/mol. The van der Waals surface area contributed by atoms with Gasteiger partial charge in [0.1, 0.15) is 19.3 Å². The third kappa shape index (κ3) is 4.31. The Morgan fingerprint density at radius 1 is 1.11 bits per heavy atom. The number of hydrogen-bond donors (Lipinski definition) is 0. The van der Waals surface area contributed by atoms with Crippen molar-refractivity contribution in [3.63, 3.8) is 0 Å². The number of carbonyl (C=O) groups excluding carboxylic acids is 1. The summed E-state index contributed by atoms with van der Waals surface area (Å²) < 4.78 is 37.3. The lowest BCUT2D eigenvalue weighted by Crippen LogP contribution is -2.51. The molecule has 1 amide bonds. The molecule has 1 aromatic rings. The average Bonchev–Trinajstić information content (AvgIpc) is 2.66. The second-order valence-corrected chi connectivity index (χ2v) is 9.16. The van der Waals surface area contributed by atoms with Crippen LogP contribution in [0.2, 0.25) is 0 Å². The van der Waals surface area contributed by atoms with Crippen molar-refractivity contribution in [2.24, 2.45) is 0 Å². The van der Waals surface area contributed by atoms with Crippen LogP contribution in [0.3, 0.4) is 0 Å². The summed E-state index contributed by atoms with van der Waals surface area (Å²) in [5.41, 5.74) is 0.402. The van der Waals surface area contributed by atoms with E-state index in [4.69, 9.17) is 9.47 Å². The minimum absolute atomic E-state index is 0.176. The number of fused-ring (bicyclic) bond motifs is 1. The van der Waals surface area contributed by atoms with E-state index in [2.05, 4.69) is 0 Å². The molecule has 0 unspecified atom stereocenters. The van der Waals surface area contributed by atoms with E-state index in [9.17, 15) is 13.2 Å². The zero-order valence-electron chi connectivity index (χ0n) is 16.2. The van der Waals surface area contributed by atoms with Crippen LogP contribution < -0.4 is 13.8 Å². The first-order valence-electron chi connectivity index (χ1n) is 9.45. The molecule has 0 bridgehead atoms. The van der Waals surface area contributed by atoms with Crippen molar-refractivity contribution >= 4 is 21.6 Å². The van der Waals surface area contributed by atoms with Crippen molar-refractivity contribution < 1.29 is 22.7 Å². The van der Waals surface area contributed by atoms with E-state index >= 15 is 0 Å². The van der Waals surface area contributed by atoms with Crippen LogP contribution in [0, 0.1) is 0 Å². The van der Waals surface area contributed by atoms with Gasteiger partial charge in [-0.2, -0.15) is 0 Å². The van der Waals surface area contributed by atoms with Crippen molar-refractivity contribution in [3.8, 4) is 11.5 Å². The van der Waals surface area contributed by atoms with Crippen LogP contribution in [-0.4, -0.2) is 57.8 Å². The fourth-order valence-corrected chi connectivity index (χ4v) is 5.08. The minimum atomic E-state index is -3.66. The van der Waals surface area contributed by atoms with Crippen LogP contribution in [0.1, 0.15) is 39.0 Å². The molecule has 27 heavy (non-hydrogen) atoms. The van der Waals surface area contributed by atoms with Crippen LogP contribution in [0.15, 0.2) is 18.2 Å². The van der Waals surface area contributed by atoms with Gasteiger partial charge in [-0.25, -0.2) is 8.42 Å². The Bertz CT molecular complexity index is 789. The molecule has 0 radical (unpaired) electrons. The van der Waals surface area contributed by atoms with Gasteiger partial charge in [-0.15, -0.1) is 0 Å². The number of anilines is 1. The van der Waals surface area contributed by atoms with Gasteiger partial charge in [0.15, 0.2) is 11.5 Å². The van der Waals surface area contributed by atoms with Crippen LogP contribution in [0.4, 0.5) is 5.69 Å². The number of ether oxygens (including phenoxy) is 2. The van der Waals surface area contributed by atoms with E-state index in [-0.39, 0.29) is 11.9 Å². The highest BCUT2D eigenvalue weighted by Gasteiger charge is 2.34. The molecule has 8 heteroatoms. The largest absolute Gasteiger partial charge is 0.486 e. The maximum Gasteiger partial charge on any atom is 0.246 e. The van der Waals surface area contributed by atoms with Gasteiger partial charge < -0.3 is 14.4 Å². The van der Waals surface area contributed by atoms with Gasteiger partial charge in [-0.05, 0) is 31.9 Å². The second-order valence-electron chi connectivity index (χ2n) is 7.30. The molecule has 0 saturated heterocycles. The summed E-state index contributed by atoms with van der Waals surface area (Å²) in [4.78, 5) is 14.8. The first-order valence-corrected chi connectivity index (χ1v) is 11.3. The summed E-state index contributed by atoms with van der Waals surface area (Å²) in [6.07, 6.45) is 6.47. The summed E-state index contributed by atoms with van der Waals surface area (Å²) in [6.45, 7) is 2.51. The number of amides is 1. The lowest BCUT2D eigenvalue weighted by atomic mass is 9.94. The molecule has 1 aliphatic carbocycles. The van der Waals surface area contributed by atoms with E-state index in [1.807, 2.05) is 0 Å².